The van der Waals surface area contributed by atoms with E-state index in [1.165, 1.54) is 13.3 Å². The Morgan fingerprint density at radius 2 is 1.75 bits per heavy atom. The van der Waals surface area contributed by atoms with Crippen LogP contribution in [0.1, 0.15) is 24.5 Å². The van der Waals surface area contributed by atoms with Crippen LogP contribution in [0.2, 0.25) is 5.02 Å². The topological polar surface area (TPSA) is 98.2 Å². The second-order valence-electron chi connectivity index (χ2n) is 7.42. The first-order chi connectivity index (χ1) is 17.4. The third-order valence-corrected chi connectivity index (χ3v) is 5.56. The van der Waals surface area contributed by atoms with Crippen LogP contribution in [-0.4, -0.2) is 31.7 Å². The number of nitrogens with zero attached hydrogens (tertiary/aromatic N) is 1. The fourth-order valence-electron chi connectivity index (χ4n) is 3.06. The van der Waals surface area contributed by atoms with Crippen LogP contribution >= 0.6 is 27.5 Å². The predicted octanol–water partition coefficient (Wildman–Crippen LogP) is 5.57. The van der Waals surface area contributed by atoms with Gasteiger partial charge >= 0.3 is 0 Å². The van der Waals surface area contributed by atoms with Gasteiger partial charge in [0.2, 0.25) is 11.8 Å². The van der Waals surface area contributed by atoms with E-state index in [-0.39, 0.29) is 6.42 Å². The summed E-state index contributed by atoms with van der Waals surface area (Å²) < 4.78 is 17.4. The van der Waals surface area contributed by atoms with E-state index in [0.717, 1.165) is 5.56 Å². The van der Waals surface area contributed by atoms with Crippen molar-refractivity contribution in [2.24, 2.45) is 5.10 Å². The molecule has 10 heteroatoms. The number of nitrogens with one attached hydrogen (secondary N) is 2. The summed E-state index contributed by atoms with van der Waals surface area (Å²) >= 11 is 9.41. The summed E-state index contributed by atoms with van der Waals surface area (Å²) in [6.07, 6.45) is 1.06. The van der Waals surface area contributed by atoms with Crippen LogP contribution in [0.3, 0.4) is 0 Å². The summed E-state index contributed by atoms with van der Waals surface area (Å²) in [7, 11) is 1.53. The van der Waals surface area contributed by atoms with Crippen molar-refractivity contribution in [3.63, 3.8) is 0 Å². The van der Waals surface area contributed by atoms with Gasteiger partial charge in [-0.3, -0.25) is 9.59 Å². The van der Waals surface area contributed by atoms with Crippen molar-refractivity contribution in [2.75, 3.05) is 19.0 Å². The molecule has 0 unspecified atom stereocenters. The summed E-state index contributed by atoms with van der Waals surface area (Å²) in [5.41, 5.74) is 4.51. The third-order valence-electron chi connectivity index (χ3n) is 4.72. The SMILES string of the molecule is CCOc1ccc(NC(=O)CC(=O)NN=Cc2cc(Br)c(OCc3ccc(Cl)cc3)c(OC)c2)cc1. The fraction of sp³-hybridized carbons (Fsp3) is 0.192. The van der Waals surface area contributed by atoms with E-state index in [4.69, 9.17) is 25.8 Å². The summed E-state index contributed by atoms with van der Waals surface area (Å²) in [6.45, 7) is 2.77. The van der Waals surface area contributed by atoms with Crippen molar-refractivity contribution in [1.82, 2.24) is 5.43 Å². The van der Waals surface area contributed by atoms with Crippen LogP contribution in [0.25, 0.3) is 0 Å². The molecule has 8 nitrogen and oxygen atoms in total. The Morgan fingerprint density at radius 3 is 2.42 bits per heavy atom. The van der Waals surface area contributed by atoms with Gasteiger partial charge in [0.05, 0.1) is 24.4 Å². The molecular weight excluding hydrogens is 550 g/mol. The molecule has 0 saturated carbocycles. The molecule has 3 rings (SSSR count). The average Bonchev–Trinajstić information content (AvgIpc) is 2.85. The molecule has 36 heavy (non-hydrogen) atoms. The van der Waals surface area contributed by atoms with Crippen molar-refractivity contribution >= 4 is 51.2 Å². The Hall–Kier alpha value is -3.56. The summed E-state index contributed by atoms with van der Waals surface area (Å²) in [5.74, 6) is 0.703. The van der Waals surface area contributed by atoms with Crippen LogP contribution in [0.15, 0.2) is 70.2 Å². The number of hydrogen-bond donors (Lipinski definition) is 2. The highest BCUT2D eigenvalue weighted by atomic mass is 79.9. The molecule has 3 aromatic rings. The van der Waals surface area contributed by atoms with Gasteiger partial charge in [0.15, 0.2) is 11.5 Å². The summed E-state index contributed by atoms with van der Waals surface area (Å²) in [4.78, 5) is 24.2. The van der Waals surface area contributed by atoms with Gasteiger partial charge in [0.25, 0.3) is 0 Å². The maximum Gasteiger partial charge on any atom is 0.249 e. The maximum absolute atomic E-state index is 12.1. The van der Waals surface area contributed by atoms with E-state index in [2.05, 4.69) is 31.8 Å². The zero-order chi connectivity index (χ0) is 25.9. The van der Waals surface area contributed by atoms with Crippen molar-refractivity contribution in [1.29, 1.82) is 0 Å². The second kappa shape index (κ2) is 13.5. The van der Waals surface area contributed by atoms with Crippen LogP contribution in [0.4, 0.5) is 5.69 Å². The number of rotatable bonds is 11. The number of anilines is 1. The number of methoxy groups -OCH3 is 1. The Labute approximate surface area is 222 Å². The first-order valence-corrected chi connectivity index (χ1v) is 12.1. The van der Waals surface area contributed by atoms with Crippen molar-refractivity contribution in [3.8, 4) is 17.2 Å². The lowest BCUT2D eigenvalue weighted by Gasteiger charge is -2.13. The van der Waals surface area contributed by atoms with Crippen LogP contribution in [0, 0.1) is 0 Å². The van der Waals surface area contributed by atoms with E-state index < -0.39 is 11.8 Å². The van der Waals surface area contributed by atoms with E-state index in [1.807, 2.05) is 19.1 Å². The lowest BCUT2D eigenvalue weighted by Crippen LogP contribution is -2.24. The minimum atomic E-state index is -0.552. The van der Waals surface area contributed by atoms with Gasteiger partial charge in [-0.25, -0.2) is 5.43 Å². The molecule has 0 atom stereocenters. The molecule has 3 aromatic carbocycles. The molecule has 0 bridgehead atoms. The van der Waals surface area contributed by atoms with Crippen molar-refractivity contribution in [2.45, 2.75) is 20.0 Å². The fourth-order valence-corrected chi connectivity index (χ4v) is 3.76. The number of carbonyl (C=O) groups excluding carboxylic acids is 2. The molecule has 0 aliphatic carbocycles. The maximum atomic E-state index is 12.1. The largest absolute Gasteiger partial charge is 0.494 e. The Balaban J connectivity index is 1.53. The molecule has 2 amide bonds. The molecule has 2 N–H and O–H groups in total. The van der Waals surface area contributed by atoms with Crippen LogP contribution in [-0.2, 0) is 16.2 Å². The van der Waals surface area contributed by atoms with Gasteiger partial charge in [-0.1, -0.05) is 23.7 Å². The standard InChI is InChI=1S/C26H25BrClN3O5/c1-3-35-21-10-8-20(9-11-21)30-24(32)14-25(33)31-29-15-18-12-22(27)26(23(13-18)34-2)36-16-17-4-6-19(28)7-5-17/h4-13,15H,3,14,16H2,1-2H3,(H,30,32)(H,31,33). The molecule has 0 spiro atoms. The smallest absolute Gasteiger partial charge is 0.249 e. The number of amides is 2. The minimum absolute atomic E-state index is 0.328. The van der Waals surface area contributed by atoms with E-state index >= 15 is 0 Å². The quantitative estimate of drug-likeness (QED) is 0.177. The monoisotopic (exact) mass is 573 g/mol. The van der Waals surface area contributed by atoms with Gasteiger partial charge in [-0.05, 0) is 82.5 Å². The summed E-state index contributed by atoms with van der Waals surface area (Å²) in [5, 5.41) is 7.24. The van der Waals surface area contributed by atoms with Gasteiger partial charge in [-0.2, -0.15) is 5.10 Å². The number of benzene rings is 3. The molecule has 0 saturated heterocycles. The van der Waals surface area contributed by atoms with Crippen LogP contribution in [0.5, 0.6) is 17.2 Å². The van der Waals surface area contributed by atoms with E-state index in [0.29, 0.717) is 51.2 Å². The minimum Gasteiger partial charge on any atom is -0.494 e. The third kappa shape index (κ3) is 8.28. The zero-order valence-electron chi connectivity index (χ0n) is 19.7. The van der Waals surface area contributed by atoms with E-state index in [1.54, 1.807) is 48.5 Å². The lowest BCUT2D eigenvalue weighted by molar-refractivity contribution is -0.126. The first-order valence-electron chi connectivity index (χ1n) is 11.0. The average molecular weight is 575 g/mol. The molecule has 0 heterocycles. The Bertz CT molecular complexity index is 1220. The first kappa shape index (κ1) is 27.0. The molecule has 0 aromatic heterocycles. The van der Waals surface area contributed by atoms with Crippen molar-refractivity contribution < 1.29 is 23.8 Å². The normalized spacial score (nSPS) is 10.7. The van der Waals surface area contributed by atoms with Gasteiger partial charge in [0.1, 0.15) is 18.8 Å². The highest BCUT2D eigenvalue weighted by Gasteiger charge is 2.12. The highest BCUT2D eigenvalue weighted by Crippen LogP contribution is 2.37. The van der Waals surface area contributed by atoms with Gasteiger partial charge < -0.3 is 19.5 Å². The Morgan fingerprint density at radius 1 is 1.03 bits per heavy atom. The van der Waals surface area contributed by atoms with Crippen molar-refractivity contribution in [3.05, 3.63) is 81.3 Å². The number of hydrogen-bond acceptors (Lipinski definition) is 6. The molecule has 0 fully saturated rings. The van der Waals surface area contributed by atoms with Crippen LogP contribution < -0.4 is 25.0 Å². The molecular formula is C26H25BrClN3O5. The highest BCUT2D eigenvalue weighted by molar-refractivity contribution is 9.10. The summed E-state index contributed by atoms with van der Waals surface area (Å²) in [6, 6.07) is 17.7. The number of halogens is 2. The predicted molar refractivity (Wildman–Crippen MR) is 143 cm³/mol. The number of hydrazone groups is 1. The number of carbonyl (C=O) groups is 2. The number of ether oxygens (including phenoxy) is 3. The molecule has 0 aliphatic heterocycles. The zero-order valence-corrected chi connectivity index (χ0v) is 22.1. The second-order valence-corrected chi connectivity index (χ2v) is 8.72. The van der Waals surface area contributed by atoms with E-state index in [9.17, 15) is 9.59 Å². The Kier molecular flexibility index (Phi) is 10.1. The molecule has 188 valence electrons. The molecule has 0 radical (unpaired) electrons. The van der Waals surface area contributed by atoms with Gasteiger partial charge in [0, 0.05) is 10.7 Å². The molecule has 0 aliphatic rings. The van der Waals surface area contributed by atoms with Gasteiger partial charge in [-0.15, -0.1) is 0 Å². The lowest BCUT2D eigenvalue weighted by atomic mass is 10.2.